The van der Waals surface area contributed by atoms with Gasteiger partial charge < -0.3 is 25.4 Å². The van der Waals surface area contributed by atoms with Gasteiger partial charge in [-0.3, -0.25) is 14.0 Å². The molecule has 4 aromatic rings. The Bertz CT molecular complexity index is 1860. The van der Waals surface area contributed by atoms with Crippen molar-refractivity contribution in [1.82, 2.24) is 24.3 Å². The number of fused-ring (bicyclic) bond motifs is 2. The van der Waals surface area contributed by atoms with E-state index in [0.717, 1.165) is 49.8 Å². The number of alkyl halides is 3. The maximum absolute atomic E-state index is 13.5. The van der Waals surface area contributed by atoms with E-state index in [-0.39, 0.29) is 53.2 Å². The Morgan fingerprint density at radius 1 is 1.15 bits per heavy atom. The van der Waals surface area contributed by atoms with Crippen molar-refractivity contribution in [3.63, 3.8) is 0 Å². The fourth-order valence-electron chi connectivity index (χ4n) is 7.10. The minimum absolute atomic E-state index is 0.0445. The van der Waals surface area contributed by atoms with Gasteiger partial charge in [0.25, 0.3) is 5.91 Å². The third-order valence-electron chi connectivity index (χ3n) is 9.35. The zero-order valence-corrected chi connectivity index (χ0v) is 25.2. The van der Waals surface area contributed by atoms with E-state index in [0.29, 0.717) is 29.1 Å². The summed E-state index contributed by atoms with van der Waals surface area (Å²) in [4.78, 5) is 41.8. The summed E-state index contributed by atoms with van der Waals surface area (Å²) in [5.74, 6) is 0.500. The molecule has 3 fully saturated rings. The number of hydrogen-bond donors (Lipinski definition) is 2. The molecule has 2 saturated heterocycles. The lowest BCUT2D eigenvalue weighted by Gasteiger charge is -2.36. The summed E-state index contributed by atoms with van der Waals surface area (Å²) >= 11 is 0. The molecule has 11 nitrogen and oxygen atoms in total. The summed E-state index contributed by atoms with van der Waals surface area (Å²) in [6.07, 6.45) is 2.99. The van der Waals surface area contributed by atoms with E-state index in [4.69, 9.17) is 20.2 Å². The standard InChI is InChI=1S/C32H32F3N7O4/c1-3-46-22-14-17(29(43)39-23-15-19(8-11-37-23)32(33,34)35)4-6-20(22)24-25-27(36)38-12-13-41(25)28(40-24)18-5-7-21-26(45-2)31(9-10-31)30(44)42(21)16-18/h4,6,8,11-15,18,21,26H,3,5,7,9-10,16H2,1-2H3,(H2,36,38)(H,37,39,43)/t18?,21-,26?/m0/s1. The number of ether oxygens (including phenoxy) is 2. The number of imidazole rings is 1. The Labute approximate surface area is 261 Å². The van der Waals surface area contributed by atoms with E-state index < -0.39 is 17.6 Å². The minimum atomic E-state index is -4.58. The number of carbonyl (C=O) groups excluding carboxylic acids is 2. The topological polar surface area (TPSA) is 137 Å². The van der Waals surface area contributed by atoms with Gasteiger partial charge in [-0.25, -0.2) is 15.0 Å². The van der Waals surface area contributed by atoms with Crippen LogP contribution in [0.5, 0.6) is 5.75 Å². The third-order valence-corrected chi connectivity index (χ3v) is 9.35. The number of amides is 2. The molecule has 3 aromatic heterocycles. The van der Waals surface area contributed by atoms with Gasteiger partial charge >= 0.3 is 6.18 Å². The summed E-state index contributed by atoms with van der Waals surface area (Å²) in [5.41, 5.74) is 6.86. The van der Waals surface area contributed by atoms with Crippen LogP contribution in [0.4, 0.5) is 24.8 Å². The molecule has 0 bridgehead atoms. The number of anilines is 2. The van der Waals surface area contributed by atoms with Crippen molar-refractivity contribution in [3.8, 4) is 17.0 Å². The van der Waals surface area contributed by atoms with Crippen LogP contribution in [0.1, 0.15) is 60.3 Å². The molecular weight excluding hydrogens is 603 g/mol. The highest BCUT2D eigenvalue weighted by molar-refractivity contribution is 6.04. The second-order valence-electron chi connectivity index (χ2n) is 12.0. The average Bonchev–Trinajstić information content (AvgIpc) is 3.68. The molecule has 3 N–H and O–H groups in total. The minimum Gasteiger partial charge on any atom is -0.493 e. The van der Waals surface area contributed by atoms with Crippen molar-refractivity contribution < 1.29 is 32.2 Å². The fourth-order valence-corrected chi connectivity index (χ4v) is 7.10. The van der Waals surface area contributed by atoms with Crippen molar-refractivity contribution in [2.75, 3.05) is 31.3 Å². The number of methoxy groups -OCH3 is 1. The number of nitrogens with zero attached hydrogens (tertiary/aromatic N) is 5. The van der Waals surface area contributed by atoms with Gasteiger partial charge in [0.05, 0.1) is 29.7 Å². The van der Waals surface area contributed by atoms with E-state index in [1.165, 1.54) is 12.1 Å². The number of rotatable bonds is 7. The molecule has 1 saturated carbocycles. The highest BCUT2D eigenvalue weighted by Gasteiger charge is 2.67. The molecule has 2 amide bonds. The predicted molar refractivity (Wildman–Crippen MR) is 161 cm³/mol. The molecule has 0 radical (unpaired) electrons. The number of nitrogens with one attached hydrogen (secondary N) is 1. The van der Waals surface area contributed by atoms with Crippen molar-refractivity contribution in [1.29, 1.82) is 0 Å². The molecule has 1 spiro atoms. The van der Waals surface area contributed by atoms with Crippen LogP contribution in [-0.4, -0.2) is 68.5 Å². The zero-order chi connectivity index (χ0) is 32.4. The van der Waals surface area contributed by atoms with Gasteiger partial charge in [0.15, 0.2) is 0 Å². The average molecular weight is 636 g/mol. The monoisotopic (exact) mass is 635 g/mol. The summed E-state index contributed by atoms with van der Waals surface area (Å²) < 4.78 is 53.2. The first-order valence-electron chi connectivity index (χ1n) is 15.1. The van der Waals surface area contributed by atoms with Gasteiger partial charge in [0.1, 0.15) is 34.4 Å². The number of nitrogen functional groups attached to an aromatic ring is 1. The Morgan fingerprint density at radius 2 is 1.96 bits per heavy atom. The molecule has 7 rings (SSSR count). The highest BCUT2D eigenvalue weighted by atomic mass is 19.4. The number of benzene rings is 1. The van der Waals surface area contributed by atoms with E-state index >= 15 is 0 Å². The molecule has 2 unspecified atom stereocenters. The van der Waals surface area contributed by atoms with Gasteiger partial charge in [-0.2, -0.15) is 13.2 Å². The number of aromatic nitrogens is 4. The maximum Gasteiger partial charge on any atom is 0.416 e. The first kappa shape index (κ1) is 30.0. The van der Waals surface area contributed by atoms with Gasteiger partial charge in [0.2, 0.25) is 5.91 Å². The molecule has 3 aliphatic rings. The Balaban J connectivity index is 1.22. The maximum atomic E-state index is 13.5. The number of pyridine rings is 1. The highest BCUT2D eigenvalue weighted by Crippen LogP contribution is 2.59. The predicted octanol–water partition coefficient (Wildman–Crippen LogP) is 4.93. The zero-order valence-electron chi connectivity index (χ0n) is 25.2. The van der Waals surface area contributed by atoms with Crippen LogP contribution in [-0.2, 0) is 15.7 Å². The van der Waals surface area contributed by atoms with Crippen molar-refractivity contribution in [2.45, 2.75) is 56.8 Å². The van der Waals surface area contributed by atoms with Gasteiger partial charge in [-0.1, -0.05) is 0 Å². The summed E-state index contributed by atoms with van der Waals surface area (Å²) in [6, 6.07) is 6.35. The van der Waals surface area contributed by atoms with Gasteiger partial charge in [0, 0.05) is 49.3 Å². The van der Waals surface area contributed by atoms with Crippen LogP contribution >= 0.6 is 0 Å². The van der Waals surface area contributed by atoms with E-state index in [2.05, 4.69) is 15.3 Å². The smallest absolute Gasteiger partial charge is 0.416 e. The lowest BCUT2D eigenvalue weighted by molar-refractivity contribution is -0.137. The van der Waals surface area contributed by atoms with E-state index in [1.807, 2.05) is 9.30 Å². The normalized spacial score (nSPS) is 21.9. The molecule has 2 aliphatic heterocycles. The summed E-state index contributed by atoms with van der Waals surface area (Å²) in [7, 11) is 1.69. The molecular formula is C32H32F3N7O4. The number of piperidine rings is 1. The van der Waals surface area contributed by atoms with Gasteiger partial charge in [-0.15, -0.1) is 0 Å². The molecule has 240 valence electrons. The Kier molecular flexibility index (Phi) is 7.14. The molecule has 3 atom stereocenters. The van der Waals surface area contributed by atoms with E-state index in [9.17, 15) is 22.8 Å². The van der Waals surface area contributed by atoms with Crippen molar-refractivity contribution in [2.24, 2.45) is 5.41 Å². The van der Waals surface area contributed by atoms with Crippen molar-refractivity contribution in [3.05, 3.63) is 65.9 Å². The quantitative estimate of drug-likeness (QED) is 0.292. The number of nitrogens with two attached hydrogens (primary N) is 1. The molecule has 1 aromatic carbocycles. The fraction of sp³-hybridized carbons (Fsp3) is 0.406. The molecule has 46 heavy (non-hydrogen) atoms. The molecule has 1 aliphatic carbocycles. The lowest BCUT2D eigenvalue weighted by atomic mass is 9.89. The largest absolute Gasteiger partial charge is 0.493 e. The van der Waals surface area contributed by atoms with Crippen LogP contribution < -0.4 is 15.8 Å². The summed E-state index contributed by atoms with van der Waals surface area (Å²) in [5, 5.41) is 2.43. The van der Waals surface area contributed by atoms with Crippen LogP contribution in [0.3, 0.4) is 0 Å². The van der Waals surface area contributed by atoms with Crippen LogP contribution in [0, 0.1) is 5.41 Å². The Hall–Kier alpha value is -4.72. The molecule has 14 heteroatoms. The van der Waals surface area contributed by atoms with Crippen LogP contribution in [0.15, 0.2) is 48.9 Å². The van der Waals surface area contributed by atoms with Crippen molar-refractivity contribution >= 4 is 29.0 Å². The summed E-state index contributed by atoms with van der Waals surface area (Å²) in [6.45, 7) is 2.57. The number of hydrogen-bond acceptors (Lipinski definition) is 8. The van der Waals surface area contributed by atoms with E-state index in [1.54, 1.807) is 32.5 Å². The SMILES string of the molecule is CCOc1cc(C(=O)Nc2cc(C(F)(F)F)ccn2)ccc1-c1nc(C2CC[C@H]3C(OC)C4(CC4)C(=O)N3C2)n2ccnc(N)c12. The molecule has 5 heterocycles. The number of halogens is 3. The second kappa shape index (κ2) is 11.0. The second-order valence-corrected chi connectivity index (χ2v) is 12.0. The lowest BCUT2D eigenvalue weighted by Crippen LogP contribution is -2.44. The third kappa shape index (κ3) is 4.82. The first-order chi connectivity index (χ1) is 22.1. The van der Waals surface area contributed by atoms with Crippen LogP contribution in [0.25, 0.3) is 16.8 Å². The van der Waals surface area contributed by atoms with Crippen LogP contribution in [0.2, 0.25) is 0 Å². The van der Waals surface area contributed by atoms with Gasteiger partial charge in [-0.05, 0) is 62.9 Å². The number of carbonyl (C=O) groups is 2. The first-order valence-corrected chi connectivity index (χ1v) is 15.1. The Morgan fingerprint density at radius 3 is 2.67 bits per heavy atom.